The molecule has 0 radical (unpaired) electrons. The van der Waals surface area contributed by atoms with Crippen LogP contribution in [-0.4, -0.2) is 17.7 Å². The largest absolute Gasteiger partial charge is 0.478 e. The Morgan fingerprint density at radius 2 is 2.00 bits per heavy atom. The Balaban J connectivity index is 1.76. The number of aromatic nitrogens is 1. The molecule has 0 atom stereocenters. The third-order valence-corrected chi connectivity index (χ3v) is 2.94. The van der Waals surface area contributed by atoms with Gasteiger partial charge in [0.15, 0.2) is 0 Å². The lowest BCUT2D eigenvalue weighted by atomic mass is 10.2. The lowest BCUT2D eigenvalue weighted by molar-refractivity contribution is 0.155. The Bertz CT molecular complexity index is 570. The van der Waals surface area contributed by atoms with E-state index >= 15 is 0 Å². The van der Waals surface area contributed by atoms with Crippen LogP contribution in [-0.2, 0) is 11.3 Å². The van der Waals surface area contributed by atoms with E-state index < -0.39 is 6.09 Å². The highest BCUT2D eigenvalue weighted by atomic mass is 16.5. The monoisotopic (exact) mass is 300 g/mol. The first-order valence-corrected chi connectivity index (χ1v) is 7.34. The van der Waals surface area contributed by atoms with Crippen LogP contribution in [0.5, 0.6) is 5.88 Å². The summed E-state index contributed by atoms with van der Waals surface area (Å²) in [5.74, 6) is 0.552. The molecule has 1 N–H and O–H groups in total. The molecule has 2 rings (SSSR count). The maximum Gasteiger partial charge on any atom is 0.412 e. The summed E-state index contributed by atoms with van der Waals surface area (Å²) in [5.41, 5.74) is 1.51. The van der Waals surface area contributed by atoms with Crippen molar-refractivity contribution in [2.45, 2.75) is 26.4 Å². The number of rotatable bonds is 7. The van der Waals surface area contributed by atoms with E-state index in [4.69, 9.17) is 9.47 Å². The van der Waals surface area contributed by atoms with Crippen molar-refractivity contribution in [2.24, 2.45) is 0 Å². The molecule has 0 aliphatic heterocycles. The minimum absolute atomic E-state index is 0.234. The second-order valence-corrected chi connectivity index (χ2v) is 4.77. The van der Waals surface area contributed by atoms with Crippen LogP contribution < -0.4 is 10.1 Å². The number of hydrogen-bond acceptors (Lipinski definition) is 4. The lowest BCUT2D eigenvalue weighted by Crippen LogP contribution is -2.13. The van der Waals surface area contributed by atoms with Crippen molar-refractivity contribution in [2.75, 3.05) is 11.9 Å². The fourth-order valence-electron chi connectivity index (χ4n) is 1.74. The molecule has 0 aliphatic rings. The van der Waals surface area contributed by atoms with Crippen LogP contribution in [0.15, 0.2) is 48.7 Å². The Hall–Kier alpha value is -2.56. The van der Waals surface area contributed by atoms with Gasteiger partial charge in [0, 0.05) is 6.07 Å². The third-order valence-electron chi connectivity index (χ3n) is 2.94. The molecule has 1 aromatic heterocycles. The van der Waals surface area contributed by atoms with E-state index in [9.17, 15) is 4.79 Å². The zero-order chi connectivity index (χ0) is 15.6. The number of anilines is 1. The Morgan fingerprint density at radius 3 is 2.68 bits per heavy atom. The predicted molar refractivity (Wildman–Crippen MR) is 84.9 cm³/mol. The molecular formula is C17H20N2O3. The standard InChI is InChI=1S/C17H20N2O3/c1-2-3-11-21-16-10-9-15(12-18-16)19-17(20)22-13-14-7-5-4-6-8-14/h4-10,12H,2-3,11,13H2,1H3,(H,19,20). The van der Waals surface area contributed by atoms with Gasteiger partial charge in [-0.25, -0.2) is 9.78 Å². The summed E-state index contributed by atoms with van der Waals surface area (Å²) in [6.45, 7) is 2.98. The van der Waals surface area contributed by atoms with Crippen molar-refractivity contribution in [3.63, 3.8) is 0 Å². The van der Waals surface area contributed by atoms with Gasteiger partial charge < -0.3 is 9.47 Å². The quantitative estimate of drug-likeness (QED) is 0.785. The smallest absolute Gasteiger partial charge is 0.412 e. The number of pyridine rings is 1. The zero-order valence-corrected chi connectivity index (χ0v) is 12.6. The topological polar surface area (TPSA) is 60.5 Å². The maximum atomic E-state index is 11.7. The SMILES string of the molecule is CCCCOc1ccc(NC(=O)OCc2ccccc2)cn1. The van der Waals surface area contributed by atoms with Crippen molar-refractivity contribution in [1.29, 1.82) is 0 Å². The first-order valence-electron chi connectivity index (χ1n) is 7.34. The first kappa shape index (κ1) is 15.8. The van der Waals surface area contributed by atoms with Gasteiger partial charge in [0.25, 0.3) is 0 Å². The molecule has 0 bridgehead atoms. The molecule has 1 heterocycles. The Morgan fingerprint density at radius 1 is 1.18 bits per heavy atom. The van der Waals surface area contributed by atoms with E-state index in [0.29, 0.717) is 18.2 Å². The second-order valence-electron chi connectivity index (χ2n) is 4.77. The van der Waals surface area contributed by atoms with Gasteiger partial charge in [0.2, 0.25) is 5.88 Å². The number of unbranched alkanes of at least 4 members (excludes halogenated alkanes) is 1. The number of benzene rings is 1. The van der Waals surface area contributed by atoms with Gasteiger partial charge in [-0.2, -0.15) is 0 Å². The number of amides is 1. The second kappa shape index (κ2) is 8.67. The summed E-state index contributed by atoms with van der Waals surface area (Å²) in [7, 11) is 0. The molecule has 1 aromatic carbocycles. The number of hydrogen-bond donors (Lipinski definition) is 1. The van der Waals surface area contributed by atoms with E-state index in [1.807, 2.05) is 30.3 Å². The number of carbonyl (C=O) groups excluding carboxylic acids is 1. The maximum absolute atomic E-state index is 11.7. The molecule has 0 spiro atoms. The molecule has 5 heteroatoms. The summed E-state index contributed by atoms with van der Waals surface area (Å²) in [6.07, 6.45) is 3.11. The van der Waals surface area contributed by atoms with Gasteiger partial charge in [-0.15, -0.1) is 0 Å². The van der Waals surface area contributed by atoms with Crippen LogP contribution in [0.1, 0.15) is 25.3 Å². The summed E-state index contributed by atoms with van der Waals surface area (Å²) in [5, 5.41) is 2.63. The number of nitrogens with zero attached hydrogens (tertiary/aromatic N) is 1. The number of nitrogens with one attached hydrogen (secondary N) is 1. The fraction of sp³-hybridized carbons (Fsp3) is 0.294. The highest BCUT2D eigenvalue weighted by molar-refractivity contribution is 5.84. The van der Waals surface area contributed by atoms with E-state index in [1.165, 1.54) is 0 Å². The van der Waals surface area contributed by atoms with Crippen molar-refractivity contribution in [1.82, 2.24) is 4.98 Å². The Kier molecular flexibility index (Phi) is 6.23. The average Bonchev–Trinajstić information content (AvgIpc) is 2.56. The molecular weight excluding hydrogens is 280 g/mol. The molecule has 2 aromatic rings. The van der Waals surface area contributed by atoms with Crippen molar-refractivity contribution in [3.05, 3.63) is 54.2 Å². The highest BCUT2D eigenvalue weighted by Gasteiger charge is 2.04. The molecule has 22 heavy (non-hydrogen) atoms. The van der Waals surface area contributed by atoms with Gasteiger partial charge in [-0.05, 0) is 18.1 Å². The lowest BCUT2D eigenvalue weighted by Gasteiger charge is -2.08. The van der Waals surface area contributed by atoms with Crippen molar-refractivity contribution in [3.8, 4) is 5.88 Å². The number of ether oxygens (including phenoxy) is 2. The molecule has 5 nitrogen and oxygen atoms in total. The molecule has 0 aliphatic carbocycles. The normalized spacial score (nSPS) is 10.0. The molecule has 0 saturated carbocycles. The van der Waals surface area contributed by atoms with E-state index in [0.717, 1.165) is 18.4 Å². The van der Waals surface area contributed by atoms with Crippen LogP contribution in [0.25, 0.3) is 0 Å². The third kappa shape index (κ3) is 5.44. The summed E-state index contributed by atoms with van der Waals surface area (Å²) >= 11 is 0. The predicted octanol–water partition coefficient (Wildman–Crippen LogP) is 4.01. The highest BCUT2D eigenvalue weighted by Crippen LogP contribution is 2.12. The minimum Gasteiger partial charge on any atom is -0.478 e. The minimum atomic E-state index is -0.509. The van der Waals surface area contributed by atoms with Crippen LogP contribution in [0.2, 0.25) is 0 Å². The van der Waals surface area contributed by atoms with Gasteiger partial charge in [0.05, 0.1) is 18.5 Å². The fourth-order valence-corrected chi connectivity index (χ4v) is 1.74. The molecule has 1 amide bonds. The molecule has 0 saturated heterocycles. The van der Waals surface area contributed by atoms with E-state index in [1.54, 1.807) is 18.3 Å². The van der Waals surface area contributed by atoms with E-state index in [-0.39, 0.29) is 6.61 Å². The summed E-state index contributed by atoms with van der Waals surface area (Å²) in [4.78, 5) is 15.8. The van der Waals surface area contributed by atoms with Gasteiger partial charge >= 0.3 is 6.09 Å². The molecule has 0 unspecified atom stereocenters. The zero-order valence-electron chi connectivity index (χ0n) is 12.6. The Labute approximate surface area is 130 Å². The van der Waals surface area contributed by atoms with Gasteiger partial charge in [0.1, 0.15) is 6.61 Å². The number of carbonyl (C=O) groups is 1. The van der Waals surface area contributed by atoms with Crippen LogP contribution >= 0.6 is 0 Å². The average molecular weight is 300 g/mol. The molecule has 116 valence electrons. The first-order chi connectivity index (χ1) is 10.8. The van der Waals surface area contributed by atoms with Gasteiger partial charge in [-0.1, -0.05) is 43.7 Å². The summed E-state index contributed by atoms with van der Waals surface area (Å²) < 4.78 is 10.6. The molecule has 0 fully saturated rings. The van der Waals surface area contributed by atoms with E-state index in [2.05, 4.69) is 17.2 Å². The van der Waals surface area contributed by atoms with Crippen molar-refractivity contribution >= 4 is 11.8 Å². The summed E-state index contributed by atoms with van der Waals surface area (Å²) in [6, 6.07) is 13.0. The van der Waals surface area contributed by atoms with Crippen LogP contribution in [0.4, 0.5) is 10.5 Å². The van der Waals surface area contributed by atoms with Crippen LogP contribution in [0, 0.1) is 0 Å². The van der Waals surface area contributed by atoms with Gasteiger partial charge in [-0.3, -0.25) is 5.32 Å². The van der Waals surface area contributed by atoms with Crippen LogP contribution in [0.3, 0.4) is 0 Å². The van der Waals surface area contributed by atoms with Crippen molar-refractivity contribution < 1.29 is 14.3 Å².